The third kappa shape index (κ3) is 4.81. The van der Waals surface area contributed by atoms with Crippen LogP contribution in [-0.2, 0) is 4.74 Å². The van der Waals surface area contributed by atoms with Crippen LogP contribution in [0.25, 0.3) is 0 Å². The van der Waals surface area contributed by atoms with E-state index in [0.29, 0.717) is 17.2 Å². The van der Waals surface area contributed by atoms with Crippen LogP contribution in [0.5, 0.6) is 0 Å². The van der Waals surface area contributed by atoms with Crippen LogP contribution >= 0.6 is 28.1 Å². The monoisotopic (exact) mass is 359 g/mol. The molecule has 1 aromatic rings. The summed E-state index contributed by atoms with van der Waals surface area (Å²) in [6, 6.07) is 4.65. The number of halogens is 2. The molecule has 2 N–H and O–H groups in total. The fourth-order valence-electron chi connectivity index (χ4n) is 1.83. The van der Waals surface area contributed by atoms with Crippen LogP contribution in [0.3, 0.4) is 0 Å². The van der Waals surface area contributed by atoms with Crippen LogP contribution in [0, 0.1) is 5.82 Å². The highest BCUT2D eigenvalue weighted by atomic mass is 79.9. The van der Waals surface area contributed by atoms with E-state index in [1.54, 1.807) is 12.1 Å². The van der Waals surface area contributed by atoms with Crippen LogP contribution in [-0.4, -0.2) is 30.6 Å². The van der Waals surface area contributed by atoms with Crippen molar-refractivity contribution in [2.75, 3.05) is 13.2 Å². The van der Waals surface area contributed by atoms with Gasteiger partial charge in [0.15, 0.2) is 5.11 Å². The second-order valence-electron chi connectivity index (χ2n) is 4.38. The second-order valence-corrected chi connectivity index (χ2v) is 5.70. The summed E-state index contributed by atoms with van der Waals surface area (Å²) >= 11 is 8.35. The highest BCUT2D eigenvalue weighted by molar-refractivity contribution is 9.10. The second kappa shape index (κ2) is 7.66. The Balaban J connectivity index is 1.77. The zero-order valence-electron chi connectivity index (χ0n) is 10.7. The zero-order valence-corrected chi connectivity index (χ0v) is 13.1. The van der Waals surface area contributed by atoms with Gasteiger partial charge >= 0.3 is 0 Å². The summed E-state index contributed by atoms with van der Waals surface area (Å²) in [5.74, 6) is -0.336. The molecule has 1 fully saturated rings. The smallest absolute Gasteiger partial charge is 0.187 e. The number of rotatable bonds is 4. The first-order chi connectivity index (χ1) is 9.65. The first kappa shape index (κ1) is 15.3. The van der Waals surface area contributed by atoms with Crippen molar-refractivity contribution in [2.24, 2.45) is 5.10 Å². The molecule has 0 radical (unpaired) electrons. The molecule has 0 bridgehead atoms. The molecule has 0 amide bonds. The quantitative estimate of drug-likeness (QED) is 0.492. The van der Waals surface area contributed by atoms with Gasteiger partial charge in [-0.25, -0.2) is 4.39 Å². The van der Waals surface area contributed by atoms with E-state index in [1.165, 1.54) is 12.3 Å². The molecule has 0 aromatic heterocycles. The van der Waals surface area contributed by atoms with E-state index in [0.717, 1.165) is 23.9 Å². The lowest BCUT2D eigenvalue weighted by molar-refractivity contribution is 0.114. The van der Waals surface area contributed by atoms with Gasteiger partial charge in [-0.05, 0) is 43.3 Å². The number of thiocarbonyl (C=S) groups is 1. The molecular weight excluding hydrogens is 345 g/mol. The van der Waals surface area contributed by atoms with Gasteiger partial charge < -0.3 is 10.1 Å². The third-order valence-corrected chi connectivity index (χ3v) is 3.57. The van der Waals surface area contributed by atoms with Crippen LogP contribution in [0.2, 0.25) is 0 Å². The maximum atomic E-state index is 13.4. The number of nitrogens with zero attached hydrogens (tertiary/aromatic N) is 1. The minimum absolute atomic E-state index is 0.209. The van der Waals surface area contributed by atoms with Gasteiger partial charge in [-0.3, -0.25) is 5.43 Å². The number of benzene rings is 1. The van der Waals surface area contributed by atoms with E-state index in [4.69, 9.17) is 17.0 Å². The standard InChI is InChI=1S/C13H15BrFN3OS/c14-10-3-4-12(15)9(6-10)7-17-18-13(20)16-8-11-2-1-5-19-11/h3-4,6-7,11H,1-2,5,8H2,(H2,16,18,20)/b17-7+. The molecule has 0 aliphatic carbocycles. The summed E-state index contributed by atoms with van der Waals surface area (Å²) in [6.45, 7) is 1.47. The highest BCUT2D eigenvalue weighted by Crippen LogP contribution is 2.13. The number of hydrogen-bond donors (Lipinski definition) is 2. The Labute approximate surface area is 130 Å². The fraction of sp³-hybridized carbons (Fsp3) is 0.385. The molecule has 4 nitrogen and oxygen atoms in total. The number of hydrazone groups is 1. The van der Waals surface area contributed by atoms with Gasteiger partial charge in [-0.15, -0.1) is 0 Å². The van der Waals surface area contributed by atoms with Crippen molar-refractivity contribution in [2.45, 2.75) is 18.9 Å². The van der Waals surface area contributed by atoms with Gasteiger partial charge in [0.05, 0.1) is 12.3 Å². The van der Waals surface area contributed by atoms with Gasteiger partial charge in [0, 0.05) is 23.2 Å². The van der Waals surface area contributed by atoms with Crippen molar-refractivity contribution < 1.29 is 9.13 Å². The van der Waals surface area contributed by atoms with Gasteiger partial charge in [-0.2, -0.15) is 5.10 Å². The summed E-state index contributed by atoms with van der Waals surface area (Å²) in [4.78, 5) is 0. The third-order valence-electron chi connectivity index (χ3n) is 2.84. The lowest BCUT2D eigenvalue weighted by Gasteiger charge is -2.11. The fourth-order valence-corrected chi connectivity index (χ4v) is 2.34. The molecule has 1 atom stereocenters. The molecule has 7 heteroatoms. The highest BCUT2D eigenvalue weighted by Gasteiger charge is 2.14. The topological polar surface area (TPSA) is 45.7 Å². The molecule has 1 aliphatic rings. The molecule has 1 aromatic carbocycles. The van der Waals surface area contributed by atoms with E-state index in [1.807, 2.05) is 0 Å². The summed E-state index contributed by atoms with van der Waals surface area (Å²) in [7, 11) is 0. The molecule has 20 heavy (non-hydrogen) atoms. The van der Waals surface area contributed by atoms with Gasteiger partial charge in [0.2, 0.25) is 0 Å². The predicted molar refractivity (Wildman–Crippen MR) is 84.4 cm³/mol. The molecule has 2 rings (SSSR count). The Bertz CT molecular complexity index is 506. The van der Waals surface area contributed by atoms with Gasteiger partial charge in [0.1, 0.15) is 5.82 Å². The first-order valence-electron chi connectivity index (χ1n) is 6.29. The minimum atomic E-state index is -0.336. The van der Waals surface area contributed by atoms with Crippen molar-refractivity contribution in [3.05, 3.63) is 34.1 Å². The van der Waals surface area contributed by atoms with E-state index in [2.05, 4.69) is 31.8 Å². The zero-order chi connectivity index (χ0) is 14.4. The van der Waals surface area contributed by atoms with E-state index >= 15 is 0 Å². The predicted octanol–water partition coefficient (Wildman–Crippen LogP) is 2.57. The molecule has 0 spiro atoms. The van der Waals surface area contributed by atoms with Crippen molar-refractivity contribution in [3.63, 3.8) is 0 Å². The molecule has 1 aliphatic heterocycles. The van der Waals surface area contributed by atoms with Crippen LogP contribution in [0.1, 0.15) is 18.4 Å². The average molecular weight is 360 g/mol. The SMILES string of the molecule is Fc1ccc(Br)cc1/C=N/NC(=S)NCC1CCCO1. The summed E-state index contributed by atoms with van der Waals surface area (Å²) < 4.78 is 19.7. The Kier molecular flexibility index (Phi) is 5.87. The molecular formula is C13H15BrFN3OS. The van der Waals surface area contributed by atoms with Gasteiger partial charge in [-0.1, -0.05) is 15.9 Å². The normalized spacial score (nSPS) is 18.4. The van der Waals surface area contributed by atoms with E-state index in [-0.39, 0.29) is 11.9 Å². The van der Waals surface area contributed by atoms with E-state index < -0.39 is 0 Å². The van der Waals surface area contributed by atoms with E-state index in [9.17, 15) is 4.39 Å². The molecule has 1 heterocycles. The van der Waals surface area contributed by atoms with Crippen LogP contribution in [0.15, 0.2) is 27.8 Å². The Morgan fingerprint density at radius 1 is 1.60 bits per heavy atom. The number of ether oxygens (including phenoxy) is 1. The molecule has 1 saturated heterocycles. The average Bonchev–Trinajstić information content (AvgIpc) is 2.93. The maximum Gasteiger partial charge on any atom is 0.187 e. The Morgan fingerprint density at radius 2 is 2.45 bits per heavy atom. The van der Waals surface area contributed by atoms with Crippen molar-refractivity contribution in [3.8, 4) is 0 Å². The summed E-state index contributed by atoms with van der Waals surface area (Å²) in [5.41, 5.74) is 3.04. The van der Waals surface area contributed by atoms with Gasteiger partial charge in [0.25, 0.3) is 0 Å². The van der Waals surface area contributed by atoms with Crippen molar-refractivity contribution in [1.82, 2.24) is 10.7 Å². The molecule has 1 unspecified atom stereocenters. The molecule has 0 saturated carbocycles. The number of nitrogens with one attached hydrogen (secondary N) is 2. The van der Waals surface area contributed by atoms with Crippen LogP contribution < -0.4 is 10.7 Å². The minimum Gasteiger partial charge on any atom is -0.376 e. The van der Waals surface area contributed by atoms with Crippen LogP contribution in [0.4, 0.5) is 4.39 Å². The first-order valence-corrected chi connectivity index (χ1v) is 7.49. The summed E-state index contributed by atoms with van der Waals surface area (Å²) in [5, 5.41) is 7.32. The van der Waals surface area contributed by atoms with Crippen molar-refractivity contribution in [1.29, 1.82) is 0 Å². The lowest BCUT2D eigenvalue weighted by atomic mass is 10.2. The van der Waals surface area contributed by atoms with Crippen molar-refractivity contribution >= 4 is 39.5 Å². The maximum absolute atomic E-state index is 13.4. The largest absolute Gasteiger partial charge is 0.376 e. The number of hydrogen-bond acceptors (Lipinski definition) is 3. The summed E-state index contributed by atoms with van der Waals surface area (Å²) in [6.07, 6.45) is 3.73. The molecule has 108 valence electrons. The Morgan fingerprint density at radius 3 is 3.20 bits per heavy atom. The Hall–Kier alpha value is -1.05. The lowest BCUT2D eigenvalue weighted by Crippen LogP contribution is -2.37.